The minimum atomic E-state index is -3.07. The molecule has 0 saturated carbocycles. The van der Waals surface area contributed by atoms with Crippen molar-refractivity contribution in [1.82, 2.24) is 5.32 Å². The Morgan fingerprint density at radius 2 is 1.80 bits per heavy atom. The van der Waals surface area contributed by atoms with Crippen molar-refractivity contribution in [2.45, 2.75) is 75.8 Å². The van der Waals surface area contributed by atoms with Gasteiger partial charge in [0, 0.05) is 19.3 Å². The minimum Gasteiger partial charge on any atom is -0.381 e. The molecule has 0 aliphatic carbocycles. The molecular weight excluding hydrogens is 274 g/mol. The number of rotatable bonds is 9. The van der Waals surface area contributed by atoms with E-state index in [-0.39, 0.29) is 16.5 Å². The average Bonchev–Trinajstić information content (AvgIpc) is 2.46. The first-order chi connectivity index (χ1) is 9.57. The molecule has 1 fully saturated rings. The molecule has 20 heavy (non-hydrogen) atoms. The third-order valence-corrected chi connectivity index (χ3v) is 7.07. The lowest BCUT2D eigenvalue weighted by molar-refractivity contribution is 0.0980. The third kappa shape index (κ3) is 4.71. The Bertz CT molecular complexity index is 350. The maximum Gasteiger partial charge on any atom is 0.157 e. The Morgan fingerprint density at radius 3 is 2.30 bits per heavy atom. The first kappa shape index (κ1) is 17.9. The van der Waals surface area contributed by atoms with Gasteiger partial charge in [0.1, 0.15) is 0 Å². The zero-order valence-corrected chi connectivity index (χ0v) is 14.0. The number of nitrogens with one attached hydrogen (secondary N) is 1. The van der Waals surface area contributed by atoms with E-state index in [0.29, 0.717) is 32.5 Å². The highest BCUT2D eigenvalue weighted by molar-refractivity contribution is 7.92. The molecule has 1 rings (SSSR count). The summed E-state index contributed by atoms with van der Waals surface area (Å²) in [6.45, 7) is 8.29. The van der Waals surface area contributed by atoms with Crippen LogP contribution < -0.4 is 5.32 Å². The summed E-state index contributed by atoms with van der Waals surface area (Å²) < 4.78 is 31.1. The van der Waals surface area contributed by atoms with Crippen molar-refractivity contribution in [3.63, 3.8) is 0 Å². The van der Waals surface area contributed by atoms with Crippen LogP contribution in [0.3, 0.4) is 0 Å². The highest BCUT2D eigenvalue weighted by Gasteiger charge is 2.38. The third-order valence-electron chi connectivity index (χ3n) is 4.16. The monoisotopic (exact) mass is 305 g/mol. The number of hydrogen-bond donors (Lipinski definition) is 1. The normalized spacial score (nSPS) is 20.8. The molecule has 1 N–H and O–H groups in total. The van der Waals surface area contributed by atoms with Crippen LogP contribution in [-0.4, -0.2) is 44.7 Å². The topological polar surface area (TPSA) is 55.4 Å². The van der Waals surface area contributed by atoms with E-state index >= 15 is 0 Å². The Balaban J connectivity index is 2.82. The minimum absolute atomic E-state index is 0.0952. The maximum atomic E-state index is 12.9. The predicted molar refractivity (Wildman–Crippen MR) is 83.8 cm³/mol. The van der Waals surface area contributed by atoms with Crippen LogP contribution in [0.4, 0.5) is 0 Å². The first-order valence-corrected chi connectivity index (χ1v) is 9.72. The number of sulfone groups is 1. The average molecular weight is 305 g/mol. The SMILES string of the molecule is CCCNC(CCC)C(CC)S(=O)(=O)C1CCOCC1. The van der Waals surface area contributed by atoms with Crippen LogP contribution in [0, 0.1) is 0 Å². The molecular formula is C15H31NO3S. The summed E-state index contributed by atoms with van der Waals surface area (Å²) in [4.78, 5) is 0. The van der Waals surface area contributed by atoms with Crippen LogP contribution in [0.15, 0.2) is 0 Å². The zero-order chi connectivity index (χ0) is 15.0. The lowest BCUT2D eigenvalue weighted by Crippen LogP contribution is -2.48. The second-order valence-electron chi connectivity index (χ2n) is 5.70. The van der Waals surface area contributed by atoms with Crippen LogP contribution in [0.2, 0.25) is 0 Å². The molecule has 120 valence electrons. The number of hydrogen-bond acceptors (Lipinski definition) is 4. The van der Waals surface area contributed by atoms with Crippen molar-refractivity contribution < 1.29 is 13.2 Å². The van der Waals surface area contributed by atoms with Crippen LogP contribution in [-0.2, 0) is 14.6 Å². The number of ether oxygens (including phenoxy) is 1. The van der Waals surface area contributed by atoms with Gasteiger partial charge < -0.3 is 10.1 Å². The zero-order valence-electron chi connectivity index (χ0n) is 13.2. The second-order valence-corrected chi connectivity index (χ2v) is 8.15. The van der Waals surface area contributed by atoms with Gasteiger partial charge in [-0.3, -0.25) is 0 Å². The molecule has 0 aromatic rings. The summed E-state index contributed by atoms with van der Waals surface area (Å²) >= 11 is 0. The fraction of sp³-hybridized carbons (Fsp3) is 1.00. The van der Waals surface area contributed by atoms with Crippen LogP contribution in [0.1, 0.15) is 59.3 Å². The predicted octanol–water partition coefficient (Wildman–Crippen LogP) is 2.53. The van der Waals surface area contributed by atoms with Gasteiger partial charge in [0.2, 0.25) is 0 Å². The summed E-state index contributed by atoms with van der Waals surface area (Å²) in [5.41, 5.74) is 0. The van der Waals surface area contributed by atoms with Crippen molar-refractivity contribution in [1.29, 1.82) is 0 Å². The Kier molecular flexibility index (Phi) is 8.07. The lowest BCUT2D eigenvalue weighted by Gasteiger charge is -2.32. The molecule has 0 radical (unpaired) electrons. The molecule has 0 spiro atoms. The summed E-state index contributed by atoms with van der Waals surface area (Å²) in [7, 11) is -3.07. The van der Waals surface area contributed by atoms with Crippen LogP contribution in [0.25, 0.3) is 0 Å². The van der Waals surface area contributed by atoms with Gasteiger partial charge in [-0.15, -0.1) is 0 Å². The van der Waals surface area contributed by atoms with Gasteiger partial charge >= 0.3 is 0 Å². The Hall–Kier alpha value is -0.130. The maximum absolute atomic E-state index is 12.9. The fourth-order valence-electron chi connectivity index (χ4n) is 3.06. The van der Waals surface area contributed by atoms with Gasteiger partial charge in [-0.1, -0.05) is 27.2 Å². The quantitative estimate of drug-likeness (QED) is 0.711. The van der Waals surface area contributed by atoms with E-state index in [1.165, 1.54) is 0 Å². The summed E-state index contributed by atoms with van der Waals surface area (Å²) in [5, 5.41) is 3.00. The highest BCUT2D eigenvalue weighted by atomic mass is 32.2. The highest BCUT2D eigenvalue weighted by Crippen LogP contribution is 2.25. The van der Waals surface area contributed by atoms with Crippen LogP contribution in [0.5, 0.6) is 0 Å². The standard InChI is InChI=1S/C15H31NO3S/c1-4-7-14(16-10-5-2)15(6-3)20(17,18)13-8-11-19-12-9-13/h13-16H,4-12H2,1-3H3. The molecule has 5 heteroatoms. The summed E-state index contributed by atoms with van der Waals surface area (Å²) in [6.07, 6.45) is 4.99. The van der Waals surface area contributed by atoms with E-state index in [2.05, 4.69) is 19.2 Å². The van der Waals surface area contributed by atoms with E-state index in [1.807, 2.05) is 6.92 Å². The summed E-state index contributed by atoms with van der Waals surface area (Å²) in [6, 6.07) is 0.0952. The summed E-state index contributed by atoms with van der Waals surface area (Å²) in [5.74, 6) is 0. The van der Waals surface area contributed by atoms with Crippen molar-refractivity contribution in [2.75, 3.05) is 19.8 Å². The van der Waals surface area contributed by atoms with Gasteiger partial charge in [0.25, 0.3) is 0 Å². The lowest BCUT2D eigenvalue weighted by atomic mass is 10.1. The van der Waals surface area contributed by atoms with E-state index in [9.17, 15) is 8.42 Å². The van der Waals surface area contributed by atoms with Crippen molar-refractivity contribution in [2.24, 2.45) is 0 Å². The first-order valence-electron chi connectivity index (χ1n) is 8.11. The molecule has 1 aliphatic rings. The molecule has 0 aromatic carbocycles. The molecule has 0 amide bonds. The van der Waals surface area contributed by atoms with Crippen molar-refractivity contribution >= 4 is 9.84 Å². The van der Waals surface area contributed by atoms with E-state index < -0.39 is 9.84 Å². The second kappa shape index (κ2) is 9.00. The van der Waals surface area contributed by atoms with Crippen molar-refractivity contribution in [3.8, 4) is 0 Å². The van der Waals surface area contributed by atoms with E-state index in [0.717, 1.165) is 25.8 Å². The van der Waals surface area contributed by atoms with Gasteiger partial charge in [0.05, 0.1) is 10.5 Å². The van der Waals surface area contributed by atoms with Crippen LogP contribution >= 0.6 is 0 Å². The van der Waals surface area contributed by atoms with E-state index in [1.54, 1.807) is 0 Å². The smallest absolute Gasteiger partial charge is 0.157 e. The molecule has 4 nitrogen and oxygen atoms in total. The largest absolute Gasteiger partial charge is 0.381 e. The fourth-order valence-corrected chi connectivity index (χ4v) is 5.56. The molecule has 1 saturated heterocycles. The molecule has 2 unspecified atom stereocenters. The molecule has 0 aromatic heterocycles. The van der Waals surface area contributed by atoms with Gasteiger partial charge in [-0.05, 0) is 38.6 Å². The Labute approximate surface area is 124 Å². The molecule has 1 aliphatic heterocycles. The molecule has 0 bridgehead atoms. The van der Waals surface area contributed by atoms with Gasteiger partial charge in [0.15, 0.2) is 9.84 Å². The van der Waals surface area contributed by atoms with Gasteiger partial charge in [-0.25, -0.2) is 8.42 Å². The van der Waals surface area contributed by atoms with Crippen molar-refractivity contribution in [3.05, 3.63) is 0 Å². The molecule has 1 heterocycles. The van der Waals surface area contributed by atoms with E-state index in [4.69, 9.17) is 4.74 Å². The van der Waals surface area contributed by atoms with Gasteiger partial charge in [-0.2, -0.15) is 0 Å². The molecule has 2 atom stereocenters. The Morgan fingerprint density at radius 1 is 1.15 bits per heavy atom.